The van der Waals surface area contributed by atoms with Crippen molar-refractivity contribution in [1.29, 1.82) is 0 Å². The van der Waals surface area contributed by atoms with Crippen LogP contribution < -0.4 is 35.6 Å². The molecule has 3 amide bonds. The third-order valence-corrected chi connectivity index (χ3v) is 8.22. The number of urea groups is 1. The molecule has 2 aliphatic rings. The third kappa shape index (κ3) is 7.05. The van der Waals surface area contributed by atoms with Crippen molar-refractivity contribution in [2.24, 2.45) is 0 Å². The average Bonchev–Trinajstić information content (AvgIpc) is 3.41. The minimum atomic E-state index is -0.503. The number of hydrogen-bond donors (Lipinski definition) is 4. The number of anilines is 5. The Morgan fingerprint density at radius 2 is 1.57 bits per heavy atom. The van der Waals surface area contributed by atoms with Crippen LogP contribution in [0.1, 0.15) is 21.5 Å². The Hall–Kier alpha value is -5.81. The van der Waals surface area contributed by atoms with E-state index in [2.05, 4.69) is 50.2 Å². The number of hydrogen-bond acceptors (Lipinski definition) is 8. The molecule has 6 rings (SSSR count). The Morgan fingerprint density at radius 1 is 0.809 bits per heavy atom. The van der Waals surface area contributed by atoms with Gasteiger partial charge in [0.15, 0.2) is 5.78 Å². The topological polar surface area (TPSA) is 124 Å². The van der Waals surface area contributed by atoms with E-state index in [1.807, 2.05) is 12.1 Å². The van der Waals surface area contributed by atoms with Gasteiger partial charge in [0.2, 0.25) is 0 Å². The van der Waals surface area contributed by atoms with Gasteiger partial charge in [-0.15, -0.1) is 0 Å². The van der Waals surface area contributed by atoms with Gasteiger partial charge in [0, 0.05) is 77.9 Å². The van der Waals surface area contributed by atoms with Crippen molar-refractivity contribution < 1.29 is 23.9 Å². The number of ketones is 1. The molecule has 0 atom stereocenters. The zero-order valence-electron chi connectivity index (χ0n) is 26.4. The fourth-order valence-electron chi connectivity index (χ4n) is 5.56. The summed E-state index contributed by atoms with van der Waals surface area (Å²) < 4.78 is 10.5. The van der Waals surface area contributed by atoms with Crippen LogP contribution in [0.4, 0.5) is 33.2 Å². The average molecular weight is 633 g/mol. The van der Waals surface area contributed by atoms with Crippen LogP contribution in [0.15, 0.2) is 91.1 Å². The minimum Gasteiger partial charge on any atom is -0.497 e. The van der Waals surface area contributed by atoms with E-state index in [-0.39, 0.29) is 11.7 Å². The van der Waals surface area contributed by atoms with Crippen LogP contribution in [0.5, 0.6) is 11.5 Å². The Labute approximate surface area is 273 Å². The predicted molar refractivity (Wildman–Crippen MR) is 185 cm³/mol. The summed E-state index contributed by atoms with van der Waals surface area (Å²) in [6.07, 6.45) is 1.69. The maximum atomic E-state index is 13.4. The molecule has 2 aliphatic heterocycles. The lowest BCUT2D eigenvalue weighted by Crippen LogP contribution is -2.44. The Morgan fingerprint density at radius 3 is 2.32 bits per heavy atom. The largest absolute Gasteiger partial charge is 0.497 e. The first kappa shape index (κ1) is 31.2. The first-order valence-corrected chi connectivity index (χ1v) is 15.2. The lowest BCUT2D eigenvalue weighted by atomic mass is 9.99. The Bertz CT molecular complexity index is 1850. The first-order chi connectivity index (χ1) is 22.8. The molecule has 2 heterocycles. The highest BCUT2D eigenvalue weighted by Crippen LogP contribution is 2.34. The van der Waals surface area contributed by atoms with E-state index >= 15 is 0 Å². The van der Waals surface area contributed by atoms with E-state index in [1.165, 1.54) is 12.8 Å². The number of piperazine rings is 1. The molecule has 0 radical (unpaired) electrons. The molecule has 11 nitrogen and oxygen atoms in total. The number of amides is 3. The summed E-state index contributed by atoms with van der Waals surface area (Å²) in [6, 6.07) is 24.5. The van der Waals surface area contributed by atoms with E-state index < -0.39 is 6.03 Å². The van der Waals surface area contributed by atoms with Crippen LogP contribution in [-0.2, 0) is 4.79 Å². The number of carbonyl (C=O) groups excluding carboxylic acids is 3. The minimum absolute atomic E-state index is 0.251. The molecule has 0 unspecified atom stereocenters. The van der Waals surface area contributed by atoms with Crippen LogP contribution in [0.25, 0.3) is 5.57 Å². The fraction of sp³-hybridized carbons (Fsp3) is 0.194. The summed E-state index contributed by atoms with van der Waals surface area (Å²) in [5, 5.41) is 11.6. The number of likely N-dealkylation sites (N-methyl/N-ethyl adjacent to an activating group) is 1. The summed E-state index contributed by atoms with van der Waals surface area (Å²) in [6.45, 7) is 4.07. The molecule has 11 heteroatoms. The fourth-order valence-corrected chi connectivity index (χ4v) is 5.56. The summed E-state index contributed by atoms with van der Waals surface area (Å²) in [4.78, 5) is 43.7. The highest BCUT2D eigenvalue weighted by Gasteiger charge is 2.25. The Kier molecular flexibility index (Phi) is 9.07. The van der Waals surface area contributed by atoms with Crippen molar-refractivity contribution >= 4 is 51.7 Å². The number of nitrogens with zero attached hydrogens (tertiary/aromatic N) is 2. The van der Waals surface area contributed by atoms with Gasteiger partial charge in [-0.3, -0.25) is 9.59 Å². The van der Waals surface area contributed by atoms with Crippen molar-refractivity contribution in [2.75, 3.05) is 73.6 Å². The lowest BCUT2D eigenvalue weighted by Gasteiger charge is -2.34. The predicted octanol–water partition coefficient (Wildman–Crippen LogP) is 5.74. The lowest BCUT2D eigenvalue weighted by molar-refractivity contribution is -0.110. The zero-order chi connectivity index (χ0) is 32.9. The quantitative estimate of drug-likeness (QED) is 0.136. The van der Waals surface area contributed by atoms with Gasteiger partial charge in [0.25, 0.3) is 5.91 Å². The van der Waals surface area contributed by atoms with Gasteiger partial charge in [-0.2, -0.15) is 0 Å². The number of rotatable bonds is 9. The molecule has 4 aromatic rings. The van der Waals surface area contributed by atoms with Crippen LogP contribution in [-0.4, -0.2) is 70.1 Å². The third-order valence-electron chi connectivity index (χ3n) is 8.22. The molecule has 0 aromatic heterocycles. The molecule has 0 aliphatic carbocycles. The first-order valence-electron chi connectivity index (χ1n) is 15.2. The van der Waals surface area contributed by atoms with Crippen LogP contribution in [0.3, 0.4) is 0 Å². The van der Waals surface area contributed by atoms with Gasteiger partial charge in [-0.05, 0) is 61.6 Å². The van der Waals surface area contributed by atoms with Crippen molar-refractivity contribution in [3.05, 3.63) is 108 Å². The highest BCUT2D eigenvalue weighted by atomic mass is 16.5. The second-order valence-electron chi connectivity index (χ2n) is 11.3. The maximum absolute atomic E-state index is 13.4. The van der Waals surface area contributed by atoms with Crippen LogP contribution in [0, 0.1) is 0 Å². The molecule has 0 saturated carbocycles. The normalized spacial score (nSPS) is 15.1. The van der Waals surface area contributed by atoms with E-state index in [0.717, 1.165) is 31.9 Å². The van der Waals surface area contributed by atoms with Crippen molar-refractivity contribution in [1.82, 2.24) is 4.90 Å². The molecule has 4 aromatic carbocycles. The smallest absolute Gasteiger partial charge is 0.323 e. The van der Waals surface area contributed by atoms with Gasteiger partial charge in [-0.1, -0.05) is 24.3 Å². The maximum Gasteiger partial charge on any atom is 0.323 e. The Balaban J connectivity index is 1.11. The van der Waals surface area contributed by atoms with E-state index in [4.69, 9.17) is 9.47 Å². The van der Waals surface area contributed by atoms with Crippen molar-refractivity contribution in [2.45, 2.75) is 0 Å². The van der Waals surface area contributed by atoms with Crippen LogP contribution >= 0.6 is 0 Å². The monoisotopic (exact) mass is 632 g/mol. The molecule has 1 saturated heterocycles. The molecule has 4 N–H and O–H groups in total. The summed E-state index contributed by atoms with van der Waals surface area (Å²) in [5.74, 6) is 0.531. The molecule has 1 fully saturated rings. The summed E-state index contributed by atoms with van der Waals surface area (Å²) >= 11 is 0. The number of ether oxygens (including phenoxy) is 2. The molecular formula is C36H36N6O5. The van der Waals surface area contributed by atoms with E-state index in [1.54, 1.807) is 74.0 Å². The zero-order valence-corrected chi connectivity index (χ0v) is 26.4. The SMILES string of the molecule is COc1ccc(NC(=O)Nc2cccc(C(=O)c3ccc4c(c3)NC(=O)C4=CNc3ccc(N4CCN(C)CC4)cc3)c2)c(OC)c1. The van der Waals surface area contributed by atoms with Crippen molar-refractivity contribution in [3.63, 3.8) is 0 Å². The molecule has 240 valence electrons. The number of nitrogens with one attached hydrogen (secondary N) is 4. The number of methoxy groups -OCH3 is 2. The van der Waals surface area contributed by atoms with Gasteiger partial charge < -0.3 is 40.5 Å². The van der Waals surface area contributed by atoms with E-state index in [0.29, 0.717) is 50.8 Å². The summed E-state index contributed by atoms with van der Waals surface area (Å²) in [7, 11) is 5.18. The molecule has 47 heavy (non-hydrogen) atoms. The van der Waals surface area contributed by atoms with E-state index in [9.17, 15) is 14.4 Å². The van der Waals surface area contributed by atoms with Gasteiger partial charge >= 0.3 is 6.03 Å². The van der Waals surface area contributed by atoms with Gasteiger partial charge in [0.05, 0.1) is 25.5 Å². The number of fused-ring (bicyclic) bond motifs is 1. The second kappa shape index (κ2) is 13.7. The standard InChI is InChI=1S/C36H36N6O5/c1-41-15-17-42(18-16-41)27-10-8-25(9-11-27)37-22-30-29-13-7-24(20-32(29)39-35(30)44)34(43)23-5-4-6-26(19-23)38-36(45)40-31-14-12-28(46-2)21-33(31)47-3/h4-14,19-22,37H,15-18H2,1-3H3,(H,39,44)(H2,38,40,45). The molecule has 0 spiro atoms. The summed E-state index contributed by atoms with van der Waals surface area (Å²) in [5.41, 5.74) is 5.46. The van der Waals surface area contributed by atoms with Gasteiger partial charge in [-0.25, -0.2) is 4.79 Å². The van der Waals surface area contributed by atoms with Crippen molar-refractivity contribution in [3.8, 4) is 11.5 Å². The number of benzene rings is 4. The van der Waals surface area contributed by atoms with Gasteiger partial charge in [0.1, 0.15) is 11.5 Å². The van der Waals surface area contributed by atoms with Crippen LogP contribution in [0.2, 0.25) is 0 Å². The second-order valence-corrected chi connectivity index (χ2v) is 11.3. The molecular weight excluding hydrogens is 596 g/mol. The number of carbonyl (C=O) groups is 3. The molecule has 0 bridgehead atoms. The highest BCUT2D eigenvalue weighted by molar-refractivity contribution is 6.32.